The van der Waals surface area contributed by atoms with Crippen molar-refractivity contribution in [2.75, 3.05) is 48.0 Å². The van der Waals surface area contributed by atoms with Gasteiger partial charge in [0.05, 0.1) is 24.5 Å². The number of carbonyl (C=O) groups is 4. The van der Waals surface area contributed by atoms with E-state index in [0.717, 1.165) is 23.7 Å². The number of nitrogens with zero attached hydrogens (tertiary/aromatic N) is 4. The maximum Gasteiger partial charge on any atom is 0.299 e. The molecule has 1 saturated heterocycles. The monoisotopic (exact) mass is 607 g/mol. The fraction of sp³-hybridized carbons (Fsp3) is 0.206. The summed E-state index contributed by atoms with van der Waals surface area (Å²) in [6.07, 6.45) is 3.16. The number of benzene rings is 3. The molecule has 0 saturated carbocycles. The number of hydrogen-bond acceptors (Lipinski definition) is 7. The van der Waals surface area contributed by atoms with Crippen LogP contribution in [0, 0.1) is 5.82 Å². The first-order chi connectivity index (χ1) is 21.9. The van der Waals surface area contributed by atoms with Gasteiger partial charge in [-0.15, -0.1) is 0 Å². The van der Waals surface area contributed by atoms with Crippen LogP contribution < -0.4 is 15.1 Å². The molecule has 1 N–H and O–H groups in total. The molecular weight excluding hydrogens is 577 g/mol. The van der Waals surface area contributed by atoms with E-state index in [0.29, 0.717) is 35.7 Å². The Kier molecular flexibility index (Phi) is 8.61. The van der Waals surface area contributed by atoms with Crippen molar-refractivity contribution >= 4 is 40.6 Å². The van der Waals surface area contributed by atoms with Crippen LogP contribution >= 0.6 is 0 Å². The third-order valence-electron chi connectivity index (χ3n) is 7.83. The van der Waals surface area contributed by atoms with Crippen LogP contribution in [-0.2, 0) is 25.7 Å². The number of pyridine rings is 1. The molecule has 3 amide bonds. The quantitative estimate of drug-likeness (QED) is 0.287. The number of carbonyl (C=O) groups excluding carboxylic acids is 4. The number of para-hydroxylation sites is 1. The number of fused-ring (bicyclic) bond motifs is 1. The van der Waals surface area contributed by atoms with E-state index in [4.69, 9.17) is 4.74 Å². The molecule has 3 heterocycles. The number of halogens is 1. The van der Waals surface area contributed by atoms with Gasteiger partial charge in [-0.1, -0.05) is 30.3 Å². The number of amides is 3. The molecule has 6 rings (SSSR count). The first kappa shape index (κ1) is 29.6. The lowest BCUT2D eigenvalue weighted by molar-refractivity contribution is -0.139. The summed E-state index contributed by atoms with van der Waals surface area (Å²) in [6, 6.07) is 21.4. The molecule has 1 fully saturated rings. The molecule has 2 aliphatic rings. The van der Waals surface area contributed by atoms with Gasteiger partial charge in [-0.05, 0) is 65.7 Å². The summed E-state index contributed by atoms with van der Waals surface area (Å²) in [5.74, 6) is -3.16. The third kappa shape index (κ3) is 6.43. The average molecular weight is 608 g/mol. The van der Waals surface area contributed by atoms with E-state index >= 15 is 0 Å². The number of aromatic nitrogens is 1. The summed E-state index contributed by atoms with van der Waals surface area (Å²) in [4.78, 5) is 62.6. The zero-order valence-corrected chi connectivity index (χ0v) is 24.3. The molecule has 0 aliphatic carbocycles. The molecule has 2 aliphatic heterocycles. The van der Waals surface area contributed by atoms with Crippen LogP contribution in [0.2, 0.25) is 0 Å². The Morgan fingerprint density at radius 2 is 1.67 bits per heavy atom. The molecule has 11 heteroatoms. The van der Waals surface area contributed by atoms with E-state index in [2.05, 4.69) is 15.2 Å². The van der Waals surface area contributed by atoms with Crippen molar-refractivity contribution in [3.63, 3.8) is 0 Å². The summed E-state index contributed by atoms with van der Waals surface area (Å²) < 4.78 is 19.4. The van der Waals surface area contributed by atoms with E-state index in [1.165, 1.54) is 35.2 Å². The zero-order valence-electron chi connectivity index (χ0n) is 24.3. The number of ether oxygens (including phenoxy) is 1. The van der Waals surface area contributed by atoms with Crippen LogP contribution in [0.25, 0.3) is 0 Å². The van der Waals surface area contributed by atoms with Gasteiger partial charge in [0.2, 0.25) is 5.91 Å². The van der Waals surface area contributed by atoms with Crippen molar-refractivity contribution < 1.29 is 28.3 Å². The second-order valence-corrected chi connectivity index (χ2v) is 10.7. The number of morpholine rings is 1. The van der Waals surface area contributed by atoms with Crippen LogP contribution in [0.15, 0.2) is 97.3 Å². The molecule has 228 valence electrons. The van der Waals surface area contributed by atoms with Crippen molar-refractivity contribution in [3.8, 4) is 0 Å². The average Bonchev–Trinajstić information content (AvgIpc) is 3.31. The van der Waals surface area contributed by atoms with Crippen molar-refractivity contribution in [3.05, 3.63) is 120 Å². The summed E-state index contributed by atoms with van der Waals surface area (Å²) in [5, 5.41) is 2.91. The van der Waals surface area contributed by atoms with Crippen LogP contribution in [0.1, 0.15) is 27.5 Å². The highest BCUT2D eigenvalue weighted by Gasteiger charge is 2.39. The van der Waals surface area contributed by atoms with Crippen LogP contribution in [0.5, 0.6) is 0 Å². The first-order valence-corrected chi connectivity index (χ1v) is 14.5. The highest BCUT2D eigenvalue weighted by Crippen LogP contribution is 2.31. The summed E-state index contributed by atoms with van der Waals surface area (Å²) in [7, 11) is 0. The van der Waals surface area contributed by atoms with Gasteiger partial charge in [-0.2, -0.15) is 0 Å². The number of rotatable bonds is 9. The molecule has 0 spiro atoms. The molecule has 45 heavy (non-hydrogen) atoms. The van der Waals surface area contributed by atoms with Gasteiger partial charge in [0, 0.05) is 43.4 Å². The lowest BCUT2D eigenvalue weighted by atomic mass is 10.0. The molecule has 0 bridgehead atoms. The highest BCUT2D eigenvalue weighted by atomic mass is 19.1. The molecular formula is C34H30FN5O5. The van der Waals surface area contributed by atoms with Crippen molar-refractivity contribution in [1.82, 2.24) is 9.88 Å². The van der Waals surface area contributed by atoms with Gasteiger partial charge in [0.1, 0.15) is 18.4 Å². The second kappa shape index (κ2) is 13.1. The van der Waals surface area contributed by atoms with E-state index in [1.807, 2.05) is 12.1 Å². The smallest absolute Gasteiger partial charge is 0.299 e. The summed E-state index contributed by atoms with van der Waals surface area (Å²) >= 11 is 0. The van der Waals surface area contributed by atoms with E-state index < -0.39 is 41.9 Å². The van der Waals surface area contributed by atoms with Gasteiger partial charge in [-0.25, -0.2) is 4.39 Å². The van der Waals surface area contributed by atoms with E-state index in [9.17, 15) is 23.6 Å². The Balaban J connectivity index is 1.32. The fourth-order valence-corrected chi connectivity index (χ4v) is 5.55. The normalized spacial score (nSPS) is 15.0. The minimum absolute atomic E-state index is 0.0459. The van der Waals surface area contributed by atoms with Crippen LogP contribution in [-0.4, -0.2) is 66.2 Å². The minimum Gasteiger partial charge on any atom is -0.378 e. The SMILES string of the molecule is O=C1C(=O)N(CC(=O)N(Cc2cccnc2)C(C(=O)Nc2ccc(N3CCOCC3)cc2)c2ccc(F)cc2)c2ccccc21. The lowest BCUT2D eigenvalue weighted by Gasteiger charge is -2.33. The summed E-state index contributed by atoms with van der Waals surface area (Å²) in [5.41, 5.74) is 3.02. The van der Waals surface area contributed by atoms with Gasteiger partial charge in [0.15, 0.2) is 0 Å². The zero-order chi connectivity index (χ0) is 31.3. The molecule has 3 aromatic carbocycles. The number of anilines is 3. The largest absolute Gasteiger partial charge is 0.378 e. The van der Waals surface area contributed by atoms with Gasteiger partial charge in [0.25, 0.3) is 17.6 Å². The maximum atomic E-state index is 14.2. The van der Waals surface area contributed by atoms with Gasteiger partial charge >= 0.3 is 0 Å². The van der Waals surface area contributed by atoms with E-state index in [-0.39, 0.29) is 12.1 Å². The molecule has 1 unspecified atom stereocenters. The Morgan fingerprint density at radius 1 is 0.933 bits per heavy atom. The minimum atomic E-state index is -1.22. The van der Waals surface area contributed by atoms with Crippen LogP contribution in [0.4, 0.5) is 21.5 Å². The van der Waals surface area contributed by atoms with Crippen molar-refractivity contribution in [2.45, 2.75) is 12.6 Å². The molecule has 10 nitrogen and oxygen atoms in total. The number of hydrogen-bond donors (Lipinski definition) is 1. The van der Waals surface area contributed by atoms with Gasteiger partial charge in [-0.3, -0.25) is 29.1 Å². The molecule has 1 aromatic heterocycles. The number of nitrogens with one attached hydrogen (secondary N) is 1. The van der Waals surface area contributed by atoms with E-state index in [1.54, 1.807) is 54.9 Å². The molecule has 4 aromatic rings. The molecule has 0 radical (unpaired) electrons. The predicted molar refractivity (Wildman–Crippen MR) is 165 cm³/mol. The molecule has 1 atom stereocenters. The maximum absolute atomic E-state index is 14.2. The standard InChI is InChI=1S/C34H30FN5O5/c35-25-9-7-24(8-10-25)31(33(43)37-26-11-13-27(14-12-26)38-16-18-45-19-17-38)40(21-23-4-3-15-36-20-23)30(41)22-39-29-6-2-1-5-28(29)32(42)34(39)44/h1-15,20,31H,16-19,21-22H2,(H,37,43). The Labute approximate surface area is 259 Å². The predicted octanol–water partition coefficient (Wildman–Crippen LogP) is 4.00. The van der Waals surface area contributed by atoms with Crippen molar-refractivity contribution in [2.24, 2.45) is 0 Å². The fourth-order valence-electron chi connectivity index (χ4n) is 5.55. The van der Waals surface area contributed by atoms with Gasteiger partial charge < -0.3 is 19.9 Å². The highest BCUT2D eigenvalue weighted by molar-refractivity contribution is 6.52. The number of ketones is 1. The third-order valence-corrected chi connectivity index (χ3v) is 7.83. The second-order valence-electron chi connectivity index (χ2n) is 10.7. The lowest BCUT2D eigenvalue weighted by Crippen LogP contribution is -2.46. The first-order valence-electron chi connectivity index (χ1n) is 14.5. The Hall–Kier alpha value is -5.42. The van der Waals surface area contributed by atoms with Crippen molar-refractivity contribution in [1.29, 1.82) is 0 Å². The van der Waals surface area contributed by atoms with Crippen LogP contribution in [0.3, 0.4) is 0 Å². The number of Topliss-reactive ketones (excluding diaryl/α,β-unsaturated/α-hetero) is 1. The topological polar surface area (TPSA) is 112 Å². The Morgan fingerprint density at radius 3 is 2.38 bits per heavy atom. The Bertz CT molecular complexity index is 1710. The summed E-state index contributed by atoms with van der Waals surface area (Å²) in [6.45, 7) is 2.28.